The average Bonchev–Trinajstić information content (AvgIpc) is 2.71. The van der Waals surface area contributed by atoms with Crippen molar-refractivity contribution in [1.29, 1.82) is 0 Å². The van der Waals surface area contributed by atoms with Gasteiger partial charge in [0.2, 0.25) is 0 Å². The number of rotatable bonds is 6. The number of pyridine rings is 1. The molecule has 0 unspecified atom stereocenters. The molecule has 166 valence electrons. The molecule has 2 aromatic carbocycles. The summed E-state index contributed by atoms with van der Waals surface area (Å²) < 4.78 is 14.0. The Bertz CT molecular complexity index is 1300. The summed E-state index contributed by atoms with van der Waals surface area (Å²) in [7, 11) is 1.53. The minimum absolute atomic E-state index is 0.0267. The Labute approximate surface area is 181 Å². The lowest BCUT2D eigenvalue weighted by Gasteiger charge is -2.31. The van der Waals surface area contributed by atoms with Crippen molar-refractivity contribution in [2.75, 3.05) is 30.8 Å². The fourth-order valence-electron chi connectivity index (χ4n) is 3.70. The summed E-state index contributed by atoms with van der Waals surface area (Å²) in [5.74, 6) is -3.30. The Kier molecular flexibility index (Phi) is 5.54. The number of carbonyl (C=O) groups is 2. The second-order valence-corrected chi connectivity index (χ2v) is 7.56. The van der Waals surface area contributed by atoms with Crippen molar-refractivity contribution >= 4 is 34.2 Å². The van der Waals surface area contributed by atoms with Crippen LogP contribution in [0.25, 0.3) is 10.9 Å². The molecule has 0 saturated carbocycles. The van der Waals surface area contributed by atoms with Gasteiger partial charge in [0.1, 0.15) is 17.1 Å². The number of carboxylic acid groups (broad SMARTS) is 1. The highest BCUT2D eigenvalue weighted by Gasteiger charge is 2.23. The van der Waals surface area contributed by atoms with Crippen LogP contribution in [0, 0.1) is 5.82 Å². The SMILES string of the molecule is CNc1cc(F)cc2c(O)c(C(=O)Nc3ccc(C(=O)O)cc3CN3CCC3)c(=O)[nH]c12. The molecule has 2 heterocycles. The summed E-state index contributed by atoms with van der Waals surface area (Å²) in [6, 6.07) is 6.44. The van der Waals surface area contributed by atoms with E-state index in [-0.39, 0.29) is 22.2 Å². The lowest BCUT2D eigenvalue weighted by atomic mass is 10.0. The summed E-state index contributed by atoms with van der Waals surface area (Å²) in [5, 5.41) is 25.2. The van der Waals surface area contributed by atoms with Gasteiger partial charge in [-0.25, -0.2) is 9.18 Å². The van der Waals surface area contributed by atoms with E-state index >= 15 is 0 Å². The van der Waals surface area contributed by atoms with Gasteiger partial charge >= 0.3 is 5.97 Å². The number of anilines is 2. The van der Waals surface area contributed by atoms with E-state index < -0.39 is 34.6 Å². The molecule has 32 heavy (non-hydrogen) atoms. The molecular formula is C22H21FN4O5. The van der Waals surface area contributed by atoms with E-state index in [1.165, 1.54) is 25.2 Å². The highest BCUT2D eigenvalue weighted by molar-refractivity contribution is 6.10. The van der Waals surface area contributed by atoms with E-state index in [9.17, 15) is 29.0 Å². The number of hydrogen-bond acceptors (Lipinski definition) is 6. The van der Waals surface area contributed by atoms with Crippen LogP contribution in [0.1, 0.15) is 32.7 Å². The number of likely N-dealkylation sites (tertiary alicyclic amines) is 1. The van der Waals surface area contributed by atoms with Crippen LogP contribution in [0.4, 0.5) is 15.8 Å². The number of aromatic amines is 1. The summed E-state index contributed by atoms with van der Waals surface area (Å²) >= 11 is 0. The number of aromatic hydroxyl groups is 1. The first kappa shape index (κ1) is 21.3. The van der Waals surface area contributed by atoms with E-state index in [0.717, 1.165) is 31.6 Å². The predicted octanol–water partition coefficient (Wildman–Crippen LogP) is 2.57. The van der Waals surface area contributed by atoms with Gasteiger partial charge in [0, 0.05) is 24.7 Å². The second-order valence-electron chi connectivity index (χ2n) is 7.56. The molecule has 0 spiro atoms. The first-order valence-corrected chi connectivity index (χ1v) is 9.94. The zero-order valence-corrected chi connectivity index (χ0v) is 17.2. The maximum absolute atomic E-state index is 14.0. The van der Waals surface area contributed by atoms with Crippen LogP contribution in [0.5, 0.6) is 5.75 Å². The van der Waals surface area contributed by atoms with Gasteiger partial charge in [-0.1, -0.05) is 0 Å². The van der Waals surface area contributed by atoms with E-state index in [4.69, 9.17) is 0 Å². The van der Waals surface area contributed by atoms with Crippen LogP contribution in [0.3, 0.4) is 0 Å². The standard InChI is InChI=1S/C22H21FN4O5/c1-24-16-9-13(23)8-14-18(16)26-21(30)17(19(14)28)20(29)25-15-4-3-11(22(31)32)7-12(15)10-27-5-2-6-27/h3-4,7-9,24H,2,5-6,10H2,1H3,(H,25,29)(H,31,32)(H2,26,28,30). The number of nitrogens with one attached hydrogen (secondary N) is 3. The molecule has 1 aliphatic rings. The van der Waals surface area contributed by atoms with Crippen molar-refractivity contribution in [3.63, 3.8) is 0 Å². The maximum Gasteiger partial charge on any atom is 0.335 e. The van der Waals surface area contributed by atoms with E-state index in [0.29, 0.717) is 17.8 Å². The number of aromatic carboxylic acids is 1. The highest BCUT2D eigenvalue weighted by Crippen LogP contribution is 2.31. The number of nitrogens with zero attached hydrogens (tertiary/aromatic N) is 1. The highest BCUT2D eigenvalue weighted by atomic mass is 19.1. The number of aromatic nitrogens is 1. The Morgan fingerprint density at radius 2 is 1.94 bits per heavy atom. The van der Waals surface area contributed by atoms with E-state index in [2.05, 4.69) is 20.5 Å². The Balaban J connectivity index is 1.74. The molecule has 1 fully saturated rings. The third kappa shape index (κ3) is 3.87. The molecule has 5 N–H and O–H groups in total. The Morgan fingerprint density at radius 3 is 2.56 bits per heavy atom. The van der Waals surface area contributed by atoms with E-state index in [1.54, 1.807) is 0 Å². The number of amides is 1. The van der Waals surface area contributed by atoms with Crippen molar-refractivity contribution in [2.45, 2.75) is 13.0 Å². The van der Waals surface area contributed by atoms with Crippen molar-refractivity contribution < 1.29 is 24.2 Å². The van der Waals surface area contributed by atoms with Gasteiger partial charge in [0.15, 0.2) is 0 Å². The topological polar surface area (TPSA) is 135 Å². The fourth-order valence-corrected chi connectivity index (χ4v) is 3.70. The van der Waals surface area contributed by atoms with Gasteiger partial charge in [0.25, 0.3) is 11.5 Å². The molecule has 1 aliphatic heterocycles. The van der Waals surface area contributed by atoms with Gasteiger partial charge in [-0.15, -0.1) is 0 Å². The quantitative estimate of drug-likeness (QED) is 0.398. The fraction of sp³-hybridized carbons (Fsp3) is 0.227. The number of carbonyl (C=O) groups excluding carboxylic acids is 1. The third-order valence-electron chi connectivity index (χ3n) is 5.50. The summed E-state index contributed by atoms with van der Waals surface area (Å²) in [6.07, 6.45) is 1.03. The van der Waals surface area contributed by atoms with Crippen LogP contribution in [0.15, 0.2) is 35.1 Å². The third-order valence-corrected chi connectivity index (χ3v) is 5.50. The molecule has 1 aromatic heterocycles. The maximum atomic E-state index is 14.0. The minimum atomic E-state index is -1.10. The lowest BCUT2D eigenvalue weighted by molar-refractivity contribution is 0.0696. The first-order valence-electron chi connectivity index (χ1n) is 9.94. The monoisotopic (exact) mass is 440 g/mol. The zero-order valence-electron chi connectivity index (χ0n) is 17.2. The average molecular weight is 440 g/mol. The lowest BCUT2D eigenvalue weighted by Crippen LogP contribution is -2.36. The van der Waals surface area contributed by atoms with Crippen LogP contribution < -0.4 is 16.2 Å². The molecule has 3 aromatic rings. The number of hydrogen-bond donors (Lipinski definition) is 5. The zero-order chi connectivity index (χ0) is 23.0. The molecule has 0 aliphatic carbocycles. The smallest absolute Gasteiger partial charge is 0.335 e. The molecule has 10 heteroatoms. The first-order chi connectivity index (χ1) is 15.3. The number of halogens is 1. The molecule has 0 radical (unpaired) electrons. The molecular weight excluding hydrogens is 419 g/mol. The van der Waals surface area contributed by atoms with Crippen molar-refractivity contribution in [1.82, 2.24) is 9.88 Å². The van der Waals surface area contributed by atoms with Crippen LogP contribution in [0.2, 0.25) is 0 Å². The van der Waals surface area contributed by atoms with Gasteiger partial charge in [0.05, 0.1) is 16.8 Å². The van der Waals surface area contributed by atoms with Gasteiger partial charge in [-0.2, -0.15) is 0 Å². The number of benzene rings is 2. The molecule has 4 rings (SSSR count). The van der Waals surface area contributed by atoms with Gasteiger partial charge < -0.3 is 25.8 Å². The minimum Gasteiger partial charge on any atom is -0.506 e. The number of fused-ring (bicyclic) bond motifs is 1. The van der Waals surface area contributed by atoms with Crippen LogP contribution >= 0.6 is 0 Å². The van der Waals surface area contributed by atoms with Gasteiger partial charge in [-0.3, -0.25) is 14.5 Å². The van der Waals surface area contributed by atoms with Crippen LogP contribution in [-0.2, 0) is 6.54 Å². The molecule has 1 amide bonds. The second kappa shape index (κ2) is 8.31. The summed E-state index contributed by atoms with van der Waals surface area (Å²) in [4.78, 5) is 41.5. The molecule has 1 saturated heterocycles. The number of H-pyrrole nitrogens is 1. The largest absolute Gasteiger partial charge is 0.506 e. The van der Waals surface area contributed by atoms with Crippen molar-refractivity contribution in [3.05, 3.63) is 63.2 Å². The predicted molar refractivity (Wildman–Crippen MR) is 117 cm³/mol. The van der Waals surface area contributed by atoms with Crippen molar-refractivity contribution in [2.24, 2.45) is 0 Å². The molecule has 0 bridgehead atoms. The summed E-state index contributed by atoms with van der Waals surface area (Å²) in [5.41, 5.74) is -0.0405. The summed E-state index contributed by atoms with van der Waals surface area (Å²) in [6.45, 7) is 2.14. The van der Waals surface area contributed by atoms with Crippen LogP contribution in [-0.4, -0.2) is 52.1 Å². The molecule has 0 atom stereocenters. The molecule has 9 nitrogen and oxygen atoms in total. The van der Waals surface area contributed by atoms with E-state index in [1.807, 2.05) is 0 Å². The normalized spacial score (nSPS) is 13.6. The Hall–Kier alpha value is -3.92. The Morgan fingerprint density at radius 1 is 1.19 bits per heavy atom. The number of carboxylic acids is 1. The van der Waals surface area contributed by atoms with Gasteiger partial charge in [-0.05, 0) is 55.4 Å². The van der Waals surface area contributed by atoms with Crippen molar-refractivity contribution in [3.8, 4) is 5.75 Å².